The average Bonchev–Trinajstić information content (AvgIpc) is 2.88. The average molecular weight is 469 g/mol. The summed E-state index contributed by atoms with van der Waals surface area (Å²) in [6.45, 7) is 3.79. The number of anilines is 1. The molecule has 9 nitrogen and oxygen atoms in total. The summed E-state index contributed by atoms with van der Waals surface area (Å²) in [5, 5.41) is 0. The van der Waals surface area contributed by atoms with E-state index in [1.54, 1.807) is 23.1 Å². The van der Waals surface area contributed by atoms with Gasteiger partial charge in [-0.15, -0.1) is 0 Å². The third-order valence-electron chi connectivity index (χ3n) is 6.34. The maximum atomic E-state index is 13.4. The van der Waals surface area contributed by atoms with Gasteiger partial charge < -0.3 is 23.8 Å². The molecule has 1 aromatic carbocycles. The second kappa shape index (κ2) is 9.54. The minimum atomic E-state index is -1.37. The van der Waals surface area contributed by atoms with E-state index in [2.05, 4.69) is 0 Å². The Kier molecular flexibility index (Phi) is 6.95. The van der Waals surface area contributed by atoms with Crippen LogP contribution in [0.3, 0.4) is 0 Å². The Hall–Kier alpha value is -3.88. The zero-order valence-corrected chi connectivity index (χ0v) is 20.0. The Balaban J connectivity index is 2.66. The standard InChI is InChI=1S/C25H27NO8/c1-7-14(2)25-13-12-15-10-8-9-11-16(15)26(25)20(24(30)34-6)18(22(28)32-4)17(21(27)31-3)19(25)23(29)33-5/h8-14H,7H2,1-6H3/t14-,25-/m1/s1. The summed E-state index contributed by atoms with van der Waals surface area (Å²) in [7, 11) is 4.57. The molecule has 1 aromatic rings. The quantitative estimate of drug-likeness (QED) is 0.459. The Morgan fingerprint density at radius 1 is 0.853 bits per heavy atom. The molecule has 9 heteroatoms. The fourth-order valence-electron chi connectivity index (χ4n) is 4.59. The number of hydrogen-bond donors (Lipinski definition) is 0. The minimum Gasteiger partial charge on any atom is -0.466 e. The Morgan fingerprint density at radius 3 is 1.97 bits per heavy atom. The molecule has 0 saturated carbocycles. The predicted molar refractivity (Wildman–Crippen MR) is 122 cm³/mol. The fraction of sp³-hybridized carbons (Fsp3) is 0.360. The van der Waals surface area contributed by atoms with Crippen molar-refractivity contribution in [3.63, 3.8) is 0 Å². The minimum absolute atomic E-state index is 0.130. The van der Waals surface area contributed by atoms with Gasteiger partial charge in [0.15, 0.2) is 0 Å². The van der Waals surface area contributed by atoms with Crippen molar-refractivity contribution in [3.05, 3.63) is 58.3 Å². The van der Waals surface area contributed by atoms with Crippen molar-refractivity contribution in [2.45, 2.75) is 25.8 Å². The van der Waals surface area contributed by atoms with Gasteiger partial charge in [-0.05, 0) is 17.5 Å². The van der Waals surface area contributed by atoms with Gasteiger partial charge in [0, 0.05) is 5.69 Å². The van der Waals surface area contributed by atoms with Crippen LogP contribution in [0.4, 0.5) is 5.69 Å². The zero-order chi connectivity index (χ0) is 25.2. The first-order valence-electron chi connectivity index (χ1n) is 10.7. The van der Waals surface area contributed by atoms with Crippen molar-refractivity contribution < 1.29 is 38.1 Å². The van der Waals surface area contributed by atoms with Crippen LogP contribution < -0.4 is 4.90 Å². The molecule has 3 rings (SSSR count). The summed E-state index contributed by atoms with van der Waals surface area (Å²) >= 11 is 0. The number of para-hydroxylation sites is 1. The van der Waals surface area contributed by atoms with E-state index in [4.69, 9.17) is 18.9 Å². The number of esters is 4. The summed E-state index contributed by atoms with van der Waals surface area (Å²) in [6.07, 6.45) is 4.10. The number of ether oxygens (including phenoxy) is 4. The van der Waals surface area contributed by atoms with Gasteiger partial charge in [-0.25, -0.2) is 19.2 Å². The van der Waals surface area contributed by atoms with Crippen molar-refractivity contribution in [3.8, 4) is 0 Å². The number of nitrogens with zero attached hydrogens (tertiary/aromatic N) is 1. The highest BCUT2D eigenvalue weighted by Gasteiger charge is 2.57. The fourth-order valence-corrected chi connectivity index (χ4v) is 4.59. The maximum absolute atomic E-state index is 13.4. The van der Waals surface area contributed by atoms with E-state index in [-0.39, 0.29) is 17.2 Å². The van der Waals surface area contributed by atoms with Gasteiger partial charge in [-0.1, -0.05) is 50.6 Å². The normalized spacial score (nSPS) is 19.6. The SMILES string of the molecule is CC[C@@H](C)[C@@]12C=Cc3ccccc3N1C(C(=O)OC)=C(C(=O)OC)C(C(=O)OC)=C2C(=O)OC. The lowest BCUT2D eigenvalue weighted by atomic mass is 9.68. The second-order valence-electron chi connectivity index (χ2n) is 7.80. The molecule has 0 aliphatic carbocycles. The first-order valence-corrected chi connectivity index (χ1v) is 10.7. The summed E-state index contributed by atoms with van der Waals surface area (Å²) < 4.78 is 20.1. The first-order chi connectivity index (χ1) is 16.2. The molecular weight excluding hydrogens is 442 g/mol. The number of rotatable bonds is 6. The lowest BCUT2D eigenvalue weighted by Crippen LogP contribution is -2.60. The molecule has 0 saturated heterocycles. The highest BCUT2D eigenvalue weighted by molar-refractivity contribution is 6.19. The summed E-state index contributed by atoms with van der Waals surface area (Å²) in [4.78, 5) is 54.4. The lowest BCUT2D eigenvalue weighted by molar-refractivity contribution is -0.142. The van der Waals surface area contributed by atoms with Crippen LogP contribution in [0.2, 0.25) is 0 Å². The van der Waals surface area contributed by atoms with Gasteiger partial charge in [-0.2, -0.15) is 0 Å². The molecule has 34 heavy (non-hydrogen) atoms. The summed E-state index contributed by atoms with van der Waals surface area (Å²) in [5.74, 6) is -4.07. The van der Waals surface area contributed by atoms with Crippen LogP contribution in [-0.4, -0.2) is 57.9 Å². The molecule has 0 aromatic heterocycles. The van der Waals surface area contributed by atoms with Crippen molar-refractivity contribution in [1.29, 1.82) is 0 Å². The molecule has 180 valence electrons. The highest BCUT2D eigenvalue weighted by atomic mass is 16.5. The molecular formula is C25H27NO8. The van der Waals surface area contributed by atoms with E-state index >= 15 is 0 Å². The Bertz CT molecular complexity index is 1150. The van der Waals surface area contributed by atoms with E-state index in [0.29, 0.717) is 12.1 Å². The zero-order valence-electron chi connectivity index (χ0n) is 20.0. The molecule has 2 aliphatic rings. The van der Waals surface area contributed by atoms with Crippen molar-refractivity contribution in [2.75, 3.05) is 33.3 Å². The highest BCUT2D eigenvalue weighted by Crippen LogP contribution is 2.52. The second-order valence-corrected chi connectivity index (χ2v) is 7.80. The van der Waals surface area contributed by atoms with Crippen LogP contribution in [0.15, 0.2) is 52.8 Å². The molecule has 0 unspecified atom stereocenters. The molecule has 0 spiro atoms. The van der Waals surface area contributed by atoms with Gasteiger partial charge >= 0.3 is 23.9 Å². The number of methoxy groups -OCH3 is 4. The molecule has 0 radical (unpaired) electrons. The monoisotopic (exact) mass is 469 g/mol. The van der Waals surface area contributed by atoms with E-state index < -0.39 is 40.6 Å². The van der Waals surface area contributed by atoms with E-state index in [1.165, 1.54) is 7.11 Å². The van der Waals surface area contributed by atoms with Crippen LogP contribution in [0.1, 0.15) is 25.8 Å². The first kappa shape index (κ1) is 24.8. The molecule has 2 atom stereocenters. The summed E-state index contributed by atoms with van der Waals surface area (Å²) in [5.41, 5.74) is -1.31. The largest absolute Gasteiger partial charge is 0.466 e. The van der Waals surface area contributed by atoms with Crippen molar-refractivity contribution in [2.24, 2.45) is 5.92 Å². The van der Waals surface area contributed by atoms with Crippen LogP contribution in [0.25, 0.3) is 6.08 Å². The van der Waals surface area contributed by atoms with Gasteiger partial charge in [-0.3, -0.25) is 0 Å². The molecule has 0 N–H and O–H groups in total. The molecule has 0 bridgehead atoms. The van der Waals surface area contributed by atoms with Gasteiger partial charge in [0.1, 0.15) is 11.3 Å². The number of carbonyl (C=O) groups is 4. The molecule has 2 heterocycles. The molecule has 2 aliphatic heterocycles. The van der Waals surface area contributed by atoms with E-state index in [1.807, 2.05) is 32.1 Å². The Labute approximate surface area is 197 Å². The van der Waals surface area contributed by atoms with Crippen LogP contribution >= 0.6 is 0 Å². The van der Waals surface area contributed by atoms with Crippen LogP contribution in [0.5, 0.6) is 0 Å². The lowest BCUT2D eigenvalue weighted by Gasteiger charge is -2.52. The number of fused-ring (bicyclic) bond motifs is 3. The third kappa shape index (κ3) is 3.48. The number of hydrogen-bond acceptors (Lipinski definition) is 9. The molecule has 0 fully saturated rings. The summed E-state index contributed by atoms with van der Waals surface area (Å²) in [6, 6.07) is 7.18. The van der Waals surface area contributed by atoms with Gasteiger partial charge in [0.05, 0.1) is 45.1 Å². The third-order valence-corrected chi connectivity index (χ3v) is 6.34. The smallest absolute Gasteiger partial charge is 0.355 e. The van der Waals surface area contributed by atoms with E-state index in [9.17, 15) is 19.2 Å². The Morgan fingerprint density at radius 2 is 1.41 bits per heavy atom. The number of benzene rings is 1. The number of carbonyl (C=O) groups excluding carboxylic acids is 4. The van der Waals surface area contributed by atoms with E-state index in [0.717, 1.165) is 26.9 Å². The van der Waals surface area contributed by atoms with Crippen molar-refractivity contribution >= 4 is 35.6 Å². The topological polar surface area (TPSA) is 108 Å². The van der Waals surface area contributed by atoms with Gasteiger partial charge in [0.2, 0.25) is 0 Å². The van der Waals surface area contributed by atoms with Crippen LogP contribution in [0, 0.1) is 5.92 Å². The molecule has 0 amide bonds. The van der Waals surface area contributed by atoms with Crippen molar-refractivity contribution in [1.82, 2.24) is 0 Å². The van der Waals surface area contributed by atoms with Gasteiger partial charge in [0.25, 0.3) is 0 Å². The van der Waals surface area contributed by atoms with Crippen LogP contribution in [-0.2, 0) is 38.1 Å². The predicted octanol–water partition coefficient (Wildman–Crippen LogP) is 2.56. The maximum Gasteiger partial charge on any atom is 0.355 e.